The van der Waals surface area contributed by atoms with E-state index in [0.29, 0.717) is 5.75 Å². The summed E-state index contributed by atoms with van der Waals surface area (Å²) in [5, 5.41) is 0. The summed E-state index contributed by atoms with van der Waals surface area (Å²) in [7, 11) is 1.25. The van der Waals surface area contributed by atoms with Gasteiger partial charge in [0.05, 0.1) is 17.7 Å². The minimum atomic E-state index is -0.595. The first-order chi connectivity index (χ1) is 7.61. The van der Waals surface area contributed by atoms with E-state index < -0.39 is 11.8 Å². The minimum absolute atomic E-state index is 0.120. The van der Waals surface area contributed by atoms with Crippen LogP contribution in [0, 0.1) is 5.82 Å². The number of carbonyl (C=O) groups is 1. The molecule has 2 rings (SSSR count). The molecule has 0 aliphatic heterocycles. The summed E-state index contributed by atoms with van der Waals surface area (Å²) in [4.78, 5) is 11.4. The molecule has 0 saturated heterocycles. The molecule has 1 saturated carbocycles. The van der Waals surface area contributed by atoms with Gasteiger partial charge in [0.2, 0.25) is 0 Å². The number of halogens is 2. The third kappa shape index (κ3) is 2.35. The van der Waals surface area contributed by atoms with Crippen molar-refractivity contribution in [2.45, 2.75) is 18.9 Å². The first-order valence-corrected chi connectivity index (χ1v) is 5.65. The van der Waals surface area contributed by atoms with Crippen molar-refractivity contribution < 1.29 is 18.7 Å². The quantitative estimate of drug-likeness (QED) is 0.803. The number of methoxy groups -OCH3 is 1. The lowest BCUT2D eigenvalue weighted by atomic mass is 10.2. The van der Waals surface area contributed by atoms with Gasteiger partial charge in [0.25, 0.3) is 0 Å². The van der Waals surface area contributed by atoms with Crippen molar-refractivity contribution in [3.63, 3.8) is 0 Å². The maximum absolute atomic E-state index is 13.3. The molecule has 5 heteroatoms. The molecule has 0 N–H and O–H groups in total. The Labute approximate surface area is 101 Å². The van der Waals surface area contributed by atoms with Gasteiger partial charge < -0.3 is 9.47 Å². The second kappa shape index (κ2) is 4.41. The van der Waals surface area contributed by atoms with Crippen LogP contribution in [0.5, 0.6) is 5.75 Å². The normalized spacial score (nSPS) is 14.7. The van der Waals surface area contributed by atoms with Crippen molar-refractivity contribution in [1.82, 2.24) is 0 Å². The summed E-state index contributed by atoms with van der Waals surface area (Å²) < 4.78 is 23.7. The second-order valence-electron chi connectivity index (χ2n) is 3.57. The van der Waals surface area contributed by atoms with Gasteiger partial charge >= 0.3 is 5.97 Å². The molecule has 0 unspecified atom stereocenters. The standard InChI is InChI=1S/C11H10BrFO3/c1-15-11(14)7-4-9(13)8(12)5-10(7)16-6-2-3-6/h4-6H,2-3H2,1H3. The largest absolute Gasteiger partial charge is 0.489 e. The molecule has 1 aromatic rings. The molecular formula is C11H10BrFO3. The third-order valence-electron chi connectivity index (χ3n) is 2.25. The minimum Gasteiger partial charge on any atom is -0.489 e. The lowest BCUT2D eigenvalue weighted by molar-refractivity contribution is 0.0595. The van der Waals surface area contributed by atoms with Gasteiger partial charge in [-0.25, -0.2) is 9.18 Å². The Morgan fingerprint density at radius 2 is 2.19 bits per heavy atom. The second-order valence-corrected chi connectivity index (χ2v) is 4.43. The molecule has 1 aromatic carbocycles. The van der Waals surface area contributed by atoms with E-state index in [0.717, 1.165) is 18.9 Å². The van der Waals surface area contributed by atoms with Crippen LogP contribution in [0.4, 0.5) is 4.39 Å². The van der Waals surface area contributed by atoms with Crippen LogP contribution in [0.2, 0.25) is 0 Å². The summed E-state index contributed by atoms with van der Waals surface area (Å²) in [6.07, 6.45) is 2.08. The van der Waals surface area contributed by atoms with Crippen molar-refractivity contribution in [1.29, 1.82) is 0 Å². The van der Waals surface area contributed by atoms with Crippen molar-refractivity contribution in [2.24, 2.45) is 0 Å². The van der Waals surface area contributed by atoms with Gasteiger partial charge in [-0.1, -0.05) is 0 Å². The maximum atomic E-state index is 13.3. The maximum Gasteiger partial charge on any atom is 0.341 e. The zero-order valence-corrected chi connectivity index (χ0v) is 10.2. The fourth-order valence-corrected chi connectivity index (χ4v) is 1.58. The zero-order chi connectivity index (χ0) is 11.7. The fraction of sp³-hybridized carbons (Fsp3) is 0.364. The summed E-state index contributed by atoms with van der Waals surface area (Å²) in [5.74, 6) is -0.742. The highest BCUT2D eigenvalue weighted by Gasteiger charge is 2.26. The van der Waals surface area contributed by atoms with E-state index in [1.165, 1.54) is 13.2 Å². The Balaban J connectivity index is 2.37. The summed E-state index contributed by atoms with van der Waals surface area (Å²) in [5.41, 5.74) is 0.120. The lowest BCUT2D eigenvalue weighted by Gasteiger charge is -2.10. The first-order valence-electron chi connectivity index (χ1n) is 4.86. The topological polar surface area (TPSA) is 35.5 Å². The van der Waals surface area contributed by atoms with E-state index in [-0.39, 0.29) is 16.1 Å². The molecule has 0 amide bonds. The van der Waals surface area contributed by atoms with Crippen LogP contribution in [0.25, 0.3) is 0 Å². The van der Waals surface area contributed by atoms with Gasteiger partial charge in [0.1, 0.15) is 17.1 Å². The number of rotatable bonds is 3. The predicted octanol–water partition coefficient (Wildman–Crippen LogP) is 2.92. The van der Waals surface area contributed by atoms with Crippen LogP contribution in [-0.4, -0.2) is 19.2 Å². The van der Waals surface area contributed by atoms with E-state index in [1.54, 1.807) is 0 Å². The van der Waals surface area contributed by atoms with E-state index >= 15 is 0 Å². The average molecular weight is 289 g/mol. The Kier molecular flexibility index (Phi) is 3.14. The van der Waals surface area contributed by atoms with Gasteiger partial charge in [0, 0.05) is 0 Å². The third-order valence-corrected chi connectivity index (χ3v) is 2.85. The number of hydrogen-bond acceptors (Lipinski definition) is 3. The Morgan fingerprint density at radius 3 is 2.75 bits per heavy atom. The monoisotopic (exact) mass is 288 g/mol. The molecule has 0 radical (unpaired) electrons. The molecule has 0 aromatic heterocycles. The molecular weight excluding hydrogens is 279 g/mol. The van der Waals surface area contributed by atoms with E-state index in [4.69, 9.17) is 4.74 Å². The Bertz CT molecular complexity index is 429. The van der Waals surface area contributed by atoms with Gasteiger partial charge in [0.15, 0.2) is 0 Å². The van der Waals surface area contributed by atoms with E-state index in [1.807, 2.05) is 0 Å². The number of esters is 1. The number of hydrogen-bond donors (Lipinski definition) is 0. The molecule has 0 heterocycles. The summed E-state index contributed by atoms with van der Waals surface area (Å²) in [6.45, 7) is 0. The zero-order valence-electron chi connectivity index (χ0n) is 8.63. The van der Waals surface area contributed by atoms with Gasteiger partial charge in [-0.15, -0.1) is 0 Å². The molecule has 16 heavy (non-hydrogen) atoms. The average Bonchev–Trinajstić information content (AvgIpc) is 3.06. The van der Waals surface area contributed by atoms with Crippen LogP contribution in [-0.2, 0) is 4.74 Å². The predicted molar refractivity (Wildman–Crippen MR) is 59.1 cm³/mol. The summed E-state index contributed by atoms with van der Waals surface area (Å²) in [6, 6.07) is 2.58. The molecule has 1 aliphatic rings. The van der Waals surface area contributed by atoms with Gasteiger partial charge in [-0.3, -0.25) is 0 Å². The lowest BCUT2D eigenvalue weighted by Crippen LogP contribution is -2.07. The molecule has 1 aliphatic carbocycles. The molecule has 86 valence electrons. The molecule has 3 nitrogen and oxygen atoms in total. The van der Waals surface area contributed by atoms with Gasteiger partial charge in [-0.2, -0.15) is 0 Å². The van der Waals surface area contributed by atoms with Crippen LogP contribution < -0.4 is 4.74 Å². The Morgan fingerprint density at radius 1 is 1.50 bits per heavy atom. The van der Waals surface area contributed by atoms with E-state index in [9.17, 15) is 9.18 Å². The highest BCUT2D eigenvalue weighted by atomic mass is 79.9. The molecule has 0 bridgehead atoms. The highest BCUT2D eigenvalue weighted by Crippen LogP contribution is 2.32. The number of ether oxygens (including phenoxy) is 2. The van der Waals surface area contributed by atoms with Crippen molar-refractivity contribution in [2.75, 3.05) is 7.11 Å². The van der Waals surface area contributed by atoms with E-state index in [2.05, 4.69) is 20.7 Å². The van der Waals surface area contributed by atoms with Crippen LogP contribution in [0.1, 0.15) is 23.2 Å². The van der Waals surface area contributed by atoms with Crippen molar-refractivity contribution >= 4 is 21.9 Å². The highest BCUT2D eigenvalue weighted by molar-refractivity contribution is 9.10. The van der Waals surface area contributed by atoms with Crippen LogP contribution in [0.15, 0.2) is 16.6 Å². The van der Waals surface area contributed by atoms with Crippen molar-refractivity contribution in [3.05, 3.63) is 28.0 Å². The number of carbonyl (C=O) groups excluding carboxylic acids is 1. The SMILES string of the molecule is COC(=O)c1cc(F)c(Br)cc1OC1CC1. The molecule has 0 spiro atoms. The molecule has 0 atom stereocenters. The Hall–Kier alpha value is -1.10. The van der Waals surface area contributed by atoms with Crippen LogP contribution >= 0.6 is 15.9 Å². The van der Waals surface area contributed by atoms with Crippen molar-refractivity contribution in [3.8, 4) is 5.75 Å². The summed E-state index contributed by atoms with van der Waals surface area (Å²) >= 11 is 3.05. The van der Waals surface area contributed by atoms with Gasteiger partial charge in [-0.05, 0) is 40.9 Å². The van der Waals surface area contributed by atoms with Crippen LogP contribution in [0.3, 0.4) is 0 Å². The number of benzene rings is 1. The first kappa shape index (κ1) is 11.4. The smallest absolute Gasteiger partial charge is 0.341 e. The molecule has 1 fully saturated rings. The fourth-order valence-electron chi connectivity index (χ4n) is 1.26.